The molecular weight excluding hydrogens is 282 g/mol. The summed E-state index contributed by atoms with van der Waals surface area (Å²) in [5.74, 6) is -0.418. The molecule has 0 radical (unpaired) electrons. The van der Waals surface area contributed by atoms with Crippen molar-refractivity contribution in [1.29, 1.82) is 0 Å². The van der Waals surface area contributed by atoms with Gasteiger partial charge in [0.1, 0.15) is 0 Å². The molecule has 3 nitrogen and oxygen atoms in total. The molecule has 1 saturated heterocycles. The molecule has 4 heteroatoms. The van der Waals surface area contributed by atoms with Crippen molar-refractivity contribution in [2.45, 2.75) is 25.3 Å². The Balaban J connectivity index is 1.90. The van der Waals surface area contributed by atoms with Gasteiger partial charge in [0.2, 0.25) is 0 Å². The first-order chi connectivity index (χ1) is 8.15. The third-order valence-corrected chi connectivity index (χ3v) is 3.78. The minimum Gasteiger partial charge on any atom is -0.481 e. The zero-order valence-corrected chi connectivity index (χ0v) is 11.1. The molecule has 2 unspecified atom stereocenters. The molecule has 0 aromatic heterocycles. The Morgan fingerprint density at radius 2 is 2.06 bits per heavy atom. The molecule has 1 aliphatic heterocycles. The van der Waals surface area contributed by atoms with E-state index < -0.39 is 5.97 Å². The lowest BCUT2D eigenvalue weighted by molar-refractivity contribution is -0.138. The summed E-state index contributed by atoms with van der Waals surface area (Å²) in [6, 6.07) is 8.67. The predicted octanol–water partition coefficient (Wildman–Crippen LogP) is 2.96. The third kappa shape index (κ3) is 3.54. The Morgan fingerprint density at radius 1 is 1.35 bits per heavy atom. The second-order valence-electron chi connectivity index (χ2n) is 4.55. The number of piperidine rings is 1. The molecule has 1 heterocycles. The zero-order chi connectivity index (χ0) is 12.3. The molecule has 0 spiro atoms. The van der Waals surface area contributed by atoms with Crippen LogP contribution in [-0.2, 0) is 4.79 Å². The molecule has 0 bridgehead atoms. The zero-order valence-electron chi connectivity index (χ0n) is 9.53. The number of rotatable bonds is 3. The van der Waals surface area contributed by atoms with E-state index in [0.29, 0.717) is 6.04 Å². The number of carboxylic acid groups (broad SMARTS) is 1. The van der Waals surface area contributed by atoms with Crippen molar-refractivity contribution in [1.82, 2.24) is 5.32 Å². The molecule has 1 aliphatic rings. The molecule has 17 heavy (non-hydrogen) atoms. The molecule has 0 aliphatic carbocycles. The van der Waals surface area contributed by atoms with Crippen molar-refractivity contribution in [3.8, 4) is 0 Å². The largest absolute Gasteiger partial charge is 0.481 e. The molecule has 2 rings (SSSR count). The van der Waals surface area contributed by atoms with Crippen LogP contribution in [0.3, 0.4) is 0 Å². The Hall–Kier alpha value is -0.870. The number of aliphatic carboxylic acids is 1. The minimum atomic E-state index is -0.695. The number of carbonyl (C=O) groups is 1. The molecule has 1 fully saturated rings. The minimum absolute atomic E-state index is 0.277. The van der Waals surface area contributed by atoms with Crippen LogP contribution in [-0.4, -0.2) is 17.6 Å². The Bertz CT molecular complexity index is 383. The number of hydrogen-bond donors (Lipinski definition) is 2. The van der Waals surface area contributed by atoms with E-state index in [1.807, 2.05) is 12.1 Å². The first-order valence-electron chi connectivity index (χ1n) is 5.86. The topological polar surface area (TPSA) is 49.3 Å². The highest BCUT2D eigenvalue weighted by Gasteiger charge is 2.23. The van der Waals surface area contributed by atoms with Crippen LogP contribution >= 0.6 is 15.9 Å². The van der Waals surface area contributed by atoms with Gasteiger partial charge < -0.3 is 10.4 Å². The summed E-state index contributed by atoms with van der Waals surface area (Å²) < 4.78 is 1.08. The molecule has 2 N–H and O–H groups in total. The fourth-order valence-electron chi connectivity index (χ4n) is 2.32. The smallest absolute Gasteiger partial charge is 0.303 e. The number of carboxylic acids is 1. The number of nitrogens with one attached hydrogen (secondary N) is 1. The SMILES string of the molecule is O=C(O)CC1CCC(c2ccc(Br)cc2)NC1. The van der Waals surface area contributed by atoms with E-state index in [-0.39, 0.29) is 12.3 Å². The van der Waals surface area contributed by atoms with E-state index in [0.717, 1.165) is 23.9 Å². The maximum Gasteiger partial charge on any atom is 0.303 e. The van der Waals surface area contributed by atoms with Crippen LogP contribution in [0.15, 0.2) is 28.7 Å². The van der Waals surface area contributed by atoms with Gasteiger partial charge in [0, 0.05) is 16.9 Å². The average Bonchev–Trinajstić information content (AvgIpc) is 2.30. The lowest BCUT2D eigenvalue weighted by Crippen LogP contribution is -2.34. The van der Waals surface area contributed by atoms with Crippen LogP contribution in [0.1, 0.15) is 30.9 Å². The number of halogens is 1. The fourth-order valence-corrected chi connectivity index (χ4v) is 2.58. The Kier molecular flexibility index (Phi) is 4.18. The van der Waals surface area contributed by atoms with E-state index in [2.05, 4.69) is 33.4 Å². The van der Waals surface area contributed by atoms with Crippen LogP contribution in [0, 0.1) is 5.92 Å². The van der Waals surface area contributed by atoms with Gasteiger partial charge in [0.25, 0.3) is 0 Å². The Morgan fingerprint density at radius 3 is 2.59 bits per heavy atom. The van der Waals surface area contributed by atoms with Crippen LogP contribution in [0.25, 0.3) is 0 Å². The molecule has 2 atom stereocenters. The van der Waals surface area contributed by atoms with Gasteiger partial charge in [-0.05, 0) is 43.0 Å². The van der Waals surface area contributed by atoms with Crippen molar-refractivity contribution in [2.24, 2.45) is 5.92 Å². The summed E-state index contributed by atoms with van der Waals surface area (Å²) in [5, 5.41) is 12.2. The van der Waals surface area contributed by atoms with E-state index in [1.165, 1.54) is 5.56 Å². The van der Waals surface area contributed by atoms with Crippen LogP contribution in [0.4, 0.5) is 0 Å². The van der Waals surface area contributed by atoms with E-state index in [9.17, 15) is 4.79 Å². The summed E-state index contributed by atoms with van der Waals surface area (Å²) in [7, 11) is 0. The van der Waals surface area contributed by atoms with Crippen molar-refractivity contribution in [3.63, 3.8) is 0 Å². The van der Waals surface area contributed by atoms with Gasteiger partial charge in [-0.2, -0.15) is 0 Å². The summed E-state index contributed by atoms with van der Waals surface area (Å²) in [6.45, 7) is 0.799. The second kappa shape index (κ2) is 5.65. The van der Waals surface area contributed by atoms with Gasteiger partial charge in [-0.3, -0.25) is 4.79 Å². The third-order valence-electron chi connectivity index (χ3n) is 3.25. The Labute approximate surface area is 109 Å². The molecule has 1 aromatic carbocycles. The molecule has 0 saturated carbocycles. The van der Waals surface area contributed by atoms with Gasteiger partial charge in [0.15, 0.2) is 0 Å². The van der Waals surface area contributed by atoms with Gasteiger partial charge >= 0.3 is 5.97 Å². The summed E-state index contributed by atoms with van der Waals surface area (Å²) in [6.07, 6.45) is 2.28. The van der Waals surface area contributed by atoms with Gasteiger partial charge in [-0.25, -0.2) is 0 Å². The van der Waals surface area contributed by atoms with Crippen molar-refractivity contribution >= 4 is 21.9 Å². The average molecular weight is 298 g/mol. The van der Waals surface area contributed by atoms with Crippen molar-refractivity contribution < 1.29 is 9.90 Å². The van der Waals surface area contributed by atoms with Crippen LogP contribution in [0.5, 0.6) is 0 Å². The highest BCUT2D eigenvalue weighted by molar-refractivity contribution is 9.10. The van der Waals surface area contributed by atoms with Crippen LogP contribution in [0.2, 0.25) is 0 Å². The highest BCUT2D eigenvalue weighted by Crippen LogP contribution is 2.27. The van der Waals surface area contributed by atoms with Gasteiger partial charge in [0.05, 0.1) is 0 Å². The molecule has 1 aromatic rings. The maximum absolute atomic E-state index is 10.6. The normalized spacial score (nSPS) is 24.5. The second-order valence-corrected chi connectivity index (χ2v) is 5.47. The van der Waals surface area contributed by atoms with Crippen molar-refractivity contribution in [3.05, 3.63) is 34.3 Å². The van der Waals surface area contributed by atoms with Crippen LogP contribution < -0.4 is 5.32 Å². The summed E-state index contributed by atoms with van der Waals surface area (Å²) >= 11 is 3.42. The lowest BCUT2D eigenvalue weighted by atomic mass is 9.89. The molecule has 92 valence electrons. The number of hydrogen-bond acceptors (Lipinski definition) is 2. The number of benzene rings is 1. The lowest BCUT2D eigenvalue weighted by Gasteiger charge is -2.29. The van der Waals surface area contributed by atoms with E-state index >= 15 is 0 Å². The van der Waals surface area contributed by atoms with Gasteiger partial charge in [-0.15, -0.1) is 0 Å². The predicted molar refractivity (Wildman–Crippen MR) is 69.9 cm³/mol. The standard InChI is InChI=1S/C13H16BrNO2/c14-11-4-2-10(3-5-11)12-6-1-9(8-15-12)7-13(16)17/h2-5,9,12,15H,1,6-8H2,(H,16,17). The summed E-state index contributed by atoms with van der Waals surface area (Å²) in [4.78, 5) is 10.6. The molecule has 0 amide bonds. The maximum atomic E-state index is 10.6. The monoisotopic (exact) mass is 297 g/mol. The first kappa shape index (κ1) is 12.6. The van der Waals surface area contributed by atoms with E-state index in [1.54, 1.807) is 0 Å². The quantitative estimate of drug-likeness (QED) is 0.902. The van der Waals surface area contributed by atoms with Crippen molar-refractivity contribution in [2.75, 3.05) is 6.54 Å². The first-order valence-corrected chi connectivity index (χ1v) is 6.65. The highest BCUT2D eigenvalue weighted by atomic mass is 79.9. The molecular formula is C13H16BrNO2. The van der Waals surface area contributed by atoms with E-state index in [4.69, 9.17) is 5.11 Å². The summed E-state index contributed by atoms with van der Waals surface area (Å²) in [5.41, 5.74) is 1.28. The fraction of sp³-hybridized carbons (Fsp3) is 0.462. The van der Waals surface area contributed by atoms with Gasteiger partial charge in [-0.1, -0.05) is 28.1 Å².